The lowest BCUT2D eigenvalue weighted by atomic mass is 10.1. The SMILES string of the molecule is CCN1CCC(CNCc2nc3ccccc3c(=O)[nH]2)C1. The number of rotatable bonds is 5. The fraction of sp³-hybridized carbons (Fsp3) is 0.500. The summed E-state index contributed by atoms with van der Waals surface area (Å²) in [6.07, 6.45) is 1.25. The van der Waals surface area contributed by atoms with Gasteiger partial charge in [0.15, 0.2) is 0 Å². The quantitative estimate of drug-likeness (QED) is 0.871. The minimum Gasteiger partial charge on any atom is -0.310 e. The highest BCUT2D eigenvalue weighted by molar-refractivity contribution is 5.77. The number of aromatic nitrogens is 2. The highest BCUT2D eigenvalue weighted by Crippen LogP contribution is 2.14. The van der Waals surface area contributed by atoms with Crippen molar-refractivity contribution < 1.29 is 0 Å². The molecule has 1 aromatic carbocycles. The fourth-order valence-electron chi connectivity index (χ4n) is 2.98. The van der Waals surface area contributed by atoms with Crippen molar-refractivity contribution in [3.63, 3.8) is 0 Å². The van der Waals surface area contributed by atoms with E-state index in [-0.39, 0.29) is 5.56 Å². The Hall–Kier alpha value is -1.72. The maximum absolute atomic E-state index is 12.0. The number of hydrogen-bond donors (Lipinski definition) is 2. The van der Waals surface area contributed by atoms with Gasteiger partial charge in [-0.15, -0.1) is 0 Å². The fourth-order valence-corrected chi connectivity index (χ4v) is 2.98. The van der Waals surface area contributed by atoms with E-state index in [4.69, 9.17) is 0 Å². The normalized spacial score (nSPS) is 19.4. The molecule has 1 atom stereocenters. The zero-order valence-corrected chi connectivity index (χ0v) is 12.4. The predicted molar refractivity (Wildman–Crippen MR) is 84.3 cm³/mol. The van der Waals surface area contributed by atoms with Crippen LogP contribution in [0.25, 0.3) is 10.9 Å². The van der Waals surface area contributed by atoms with Gasteiger partial charge in [0, 0.05) is 6.54 Å². The number of benzene rings is 1. The Kier molecular flexibility index (Phi) is 4.31. The molecular weight excluding hydrogens is 264 g/mol. The van der Waals surface area contributed by atoms with Gasteiger partial charge < -0.3 is 15.2 Å². The largest absolute Gasteiger partial charge is 0.310 e. The molecule has 0 radical (unpaired) electrons. The van der Waals surface area contributed by atoms with Crippen LogP contribution < -0.4 is 10.9 Å². The Balaban J connectivity index is 1.60. The molecule has 21 heavy (non-hydrogen) atoms. The first-order valence-electron chi connectivity index (χ1n) is 7.67. The zero-order chi connectivity index (χ0) is 14.7. The molecule has 0 saturated carbocycles. The summed E-state index contributed by atoms with van der Waals surface area (Å²) in [5.41, 5.74) is 0.700. The first-order chi connectivity index (χ1) is 10.3. The summed E-state index contributed by atoms with van der Waals surface area (Å²) < 4.78 is 0. The van der Waals surface area contributed by atoms with E-state index in [1.165, 1.54) is 19.5 Å². The predicted octanol–water partition coefficient (Wildman–Crippen LogP) is 1.35. The Morgan fingerprint density at radius 2 is 2.29 bits per heavy atom. The van der Waals surface area contributed by atoms with E-state index in [9.17, 15) is 4.79 Å². The lowest BCUT2D eigenvalue weighted by molar-refractivity contribution is 0.338. The number of H-pyrrole nitrogens is 1. The van der Waals surface area contributed by atoms with Crippen LogP contribution in [-0.2, 0) is 6.54 Å². The van der Waals surface area contributed by atoms with Gasteiger partial charge in [0.05, 0.1) is 17.4 Å². The van der Waals surface area contributed by atoms with Gasteiger partial charge in [-0.25, -0.2) is 4.98 Å². The summed E-state index contributed by atoms with van der Waals surface area (Å²) in [5, 5.41) is 4.07. The lowest BCUT2D eigenvalue weighted by Crippen LogP contribution is -2.27. The Labute approximate surface area is 124 Å². The molecule has 2 N–H and O–H groups in total. The number of likely N-dealkylation sites (tertiary alicyclic amines) is 1. The second-order valence-electron chi connectivity index (χ2n) is 5.71. The topological polar surface area (TPSA) is 61.0 Å². The van der Waals surface area contributed by atoms with Gasteiger partial charge in [0.2, 0.25) is 0 Å². The molecule has 3 rings (SSSR count). The molecular formula is C16H22N4O. The Bertz CT molecular complexity index is 667. The van der Waals surface area contributed by atoms with Crippen molar-refractivity contribution in [2.45, 2.75) is 19.9 Å². The third-order valence-electron chi connectivity index (χ3n) is 4.20. The van der Waals surface area contributed by atoms with E-state index in [0.29, 0.717) is 23.7 Å². The molecule has 0 amide bonds. The van der Waals surface area contributed by atoms with Crippen LogP contribution in [0.2, 0.25) is 0 Å². The molecule has 5 heteroatoms. The molecule has 2 heterocycles. The van der Waals surface area contributed by atoms with Crippen LogP contribution in [0.3, 0.4) is 0 Å². The second-order valence-corrected chi connectivity index (χ2v) is 5.71. The Morgan fingerprint density at radius 1 is 1.43 bits per heavy atom. The van der Waals surface area contributed by atoms with Gasteiger partial charge in [-0.2, -0.15) is 0 Å². The maximum Gasteiger partial charge on any atom is 0.258 e. The number of aromatic amines is 1. The summed E-state index contributed by atoms with van der Waals surface area (Å²) in [6.45, 7) is 7.31. The zero-order valence-electron chi connectivity index (χ0n) is 12.4. The van der Waals surface area contributed by atoms with E-state index < -0.39 is 0 Å². The van der Waals surface area contributed by atoms with Gasteiger partial charge in [0.1, 0.15) is 5.82 Å². The first kappa shape index (κ1) is 14.2. The van der Waals surface area contributed by atoms with E-state index in [1.807, 2.05) is 18.2 Å². The van der Waals surface area contributed by atoms with Crippen molar-refractivity contribution in [2.75, 3.05) is 26.2 Å². The van der Waals surface area contributed by atoms with Crippen molar-refractivity contribution in [3.8, 4) is 0 Å². The maximum atomic E-state index is 12.0. The monoisotopic (exact) mass is 286 g/mol. The number of nitrogens with one attached hydrogen (secondary N) is 2. The molecule has 0 spiro atoms. The van der Waals surface area contributed by atoms with Gasteiger partial charge in [-0.3, -0.25) is 4.79 Å². The van der Waals surface area contributed by atoms with Crippen molar-refractivity contribution >= 4 is 10.9 Å². The minimum absolute atomic E-state index is 0.0598. The van der Waals surface area contributed by atoms with E-state index in [2.05, 4.69) is 27.1 Å². The van der Waals surface area contributed by atoms with Gasteiger partial charge >= 0.3 is 0 Å². The van der Waals surface area contributed by atoms with Crippen molar-refractivity contribution in [3.05, 3.63) is 40.4 Å². The highest BCUT2D eigenvalue weighted by Gasteiger charge is 2.20. The lowest BCUT2D eigenvalue weighted by Gasteiger charge is -2.13. The number of para-hydroxylation sites is 1. The Morgan fingerprint density at radius 3 is 3.10 bits per heavy atom. The number of nitrogens with zero attached hydrogens (tertiary/aromatic N) is 2. The smallest absolute Gasteiger partial charge is 0.258 e. The molecule has 1 fully saturated rings. The molecule has 1 aliphatic rings. The van der Waals surface area contributed by atoms with Gasteiger partial charge in [-0.1, -0.05) is 19.1 Å². The first-order valence-corrected chi connectivity index (χ1v) is 7.67. The highest BCUT2D eigenvalue weighted by atomic mass is 16.1. The molecule has 1 aromatic heterocycles. The summed E-state index contributed by atoms with van der Waals surface area (Å²) in [6, 6.07) is 7.45. The molecule has 0 aliphatic carbocycles. The third-order valence-corrected chi connectivity index (χ3v) is 4.20. The van der Waals surface area contributed by atoms with E-state index in [1.54, 1.807) is 6.07 Å². The minimum atomic E-state index is -0.0598. The summed E-state index contributed by atoms with van der Waals surface area (Å²) in [7, 11) is 0. The van der Waals surface area contributed by atoms with Crippen molar-refractivity contribution in [2.24, 2.45) is 5.92 Å². The summed E-state index contributed by atoms with van der Waals surface area (Å²) in [5.74, 6) is 1.42. The summed E-state index contributed by atoms with van der Waals surface area (Å²) >= 11 is 0. The number of fused-ring (bicyclic) bond motifs is 1. The molecule has 1 unspecified atom stereocenters. The molecule has 112 valence electrons. The summed E-state index contributed by atoms with van der Waals surface area (Å²) in [4.78, 5) is 21.8. The van der Waals surface area contributed by atoms with Crippen molar-refractivity contribution in [1.29, 1.82) is 0 Å². The second kappa shape index (κ2) is 6.37. The van der Waals surface area contributed by atoms with Gasteiger partial charge in [-0.05, 0) is 44.1 Å². The van der Waals surface area contributed by atoms with Crippen LogP contribution in [0.5, 0.6) is 0 Å². The van der Waals surface area contributed by atoms with Crippen LogP contribution in [-0.4, -0.2) is 41.0 Å². The van der Waals surface area contributed by atoms with Crippen LogP contribution >= 0.6 is 0 Å². The van der Waals surface area contributed by atoms with Crippen LogP contribution in [0.1, 0.15) is 19.2 Å². The van der Waals surface area contributed by atoms with Gasteiger partial charge in [0.25, 0.3) is 5.56 Å². The third kappa shape index (κ3) is 3.31. The van der Waals surface area contributed by atoms with Crippen LogP contribution in [0.15, 0.2) is 29.1 Å². The van der Waals surface area contributed by atoms with Crippen LogP contribution in [0, 0.1) is 5.92 Å². The molecule has 0 bridgehead atoms. The number of hydrogen-bond acceptors (Lipinski definition) is 4. The van der Waals surface area contributed by atoms with Crippen molar-refractivity contribution in [1.82, 2.24) is 20.2 Å². The molecule has 1 saturated heterocycles. The molecule has 1 aliphatic heterocycles. The average molecular weight is 286 g/mol. The standard InChI is InChI=1S/C16H22N4O/c1-2-20-8-7-12(11-20)9-17-10-15-18-14-6-4-3-5-13(14)16(21)19-15/h3-6,12,17H,2,7-11H2,1H3,(H,18,19,21). The molecule has 5 nitrogen and oxygen atoms in total. The van der Waals surface area contributed by atoms with Crippen LogP contribution in [0.4, 0.5) is 0 Å². The van der Waals surface area contributed by atoms with E-state index >= 15 is 0 Å². The van der Waals surface area contributed by atoms with E-state index in [0.717, 1.165) is 18.6 Å². The average Bonchev–Trinajstić information content (AvgIpc) is 2.95. The molecule has 2 aromatic rings.